The van der Waals surface area contributed by atoms with E-state index in [0.29, 0.717) is 18.2 Å². The van der Waals surface area contributed by atoms with Crippen LogP contribution in [0.15, 0.2) is 24.4 Å². The van der Waals surface area contributed by atoms with E-state index in [9.17, 15) is 4.79 Å². The van der Waals surface area contributed by atoms with E-state index in [4.69, 9.17) is 0 Å². The van der Waals surface area contributed by atoms with Gasteiger partial charge in [0, 0.05) is 44.0 Å². The van der Waals surface area contributed by atoms with Gasteiger partial charge in [-0.2, -0.15) is 5.10 Å². The minimum absolute atomic E-state index is 0.0281. The summed E-state index contributed by atoms with van der Waals surface area (Å²) in [5.74, 6) is 1.17. The number of carbonyl (C=O) groups is 1. The second-order valence-corrected chi connectivity index (χ2v) is 6.57. The Labute approximate surface area is 141 Å². The maximum absolute atomic E-state index is 12.7. The number of aromatic amines is 1. The zero-order chi connectivity index (χ0) is 16.4. The molecule has 0 saturated carbocycles. The summed E-state index contributed by atoms with van der Waals surface area (Å²) < 4.78 is 0. The Hall–Kier alpha value is -2.44. The van der Waals surface area contributed by atoms with Crippen LogP contribution in [-0.4, -0.2) is 57.4 Å². The van der Waals surface area contributed by atoms with Crippen molar-refractivity contribution in [2.45, 2.75) is 31.6 Å². The molecule has 0 bridgehead atoms. The largest absolute Gasteiger partial charge is 0.355 e. The number of aromatic nitrogens is 4. The van der Waals surface area contributed by atoms with E-state index in [1.807, 2.05) is 23.1 Å². The molecule has 2 aromatic rings. The second-order valence-electron chi connectivity index (χ2n) is 6.57. The number of nitrogens with one attached hydrogen (secondary N) is 1. The van der Waals surface area contributed by atoms with Gasteiger partial charge in [-0.1, -0.05) is 0 Å². The van der Waals surface area contributed by atoms with Crippen molar-refractivity contribution in [1.29, 1.82) is 0 Å². The first-order valence-electron chi connectivity index (χ1n) is 8.68. The molecule has 2 aliphatic heterocycles. The Morgan fingerprint density at radius 2 is 1.96 bits per heavy atom. The summed E-state index contributed by atoms with van der Waals surface area (Å²) in [6, 6.07) is 5.72. The summed E-state index contributed by atoms with van der Waals surface area (Å²) in [7, 11) is 0. The molecule has 4 heterocycles. The summed E-state index contributed by atoms with van der Waals surface area (Å²) in [5.41, 5.74) is 1.53. The van der Waals surface area contributed by atoms with Gasteiger partial charge in [-0.05, 0) is 43.9 Å². The summed E-state index contributed by atoms with van der Waals surface area (Å²) in [6.45, 7) is 3.54. The summed E-state index contributed by atoms with van der Waals surface area (Å²) in [4.78, 5) is 16.8. The lowest BCUT2D eigenvalue weighted by atomic mass is 9.95. The molecule has 7 heteroatoms. The van der Waals surface area contributed by atoms with Gasteiger partial charge < -0.3 is 9.80 Å². The maximum Gasteiger partial charge on any atom is 0.274 e. The second kappa shape index (κ2) is 6.59. The molecule has 1 N–H and O–H groups in total. The van der Waals surface area contributed by atoms with E-state index in [0.717, 1.165) is 44.0 Å². The fourth-order valence-electron chi connectivity index (χ4n) is 3.63. The molecule has 1 atom stereocenters. The van der Waals surface area contributed by atoms with Gasteiger partial charge in [0.15, 0.2) is 11.5 Å². The van der Waals surface area contributed by atoms with E-state index in [2.05, 4.69) is 25.3 Å². The van der Waals surface area contributed by atoms with E-state index < -0.39 is 0 Å². The molecule has 0 aliphatic carbocycles. The van der Waals surface area contributed by atoms with E-state index in [1.54, 1.807) is 6.20 Å². The van der Waals surface area contributed by atoms with Crippen LogP contribution in [0.2, 0.25) is 0 Å². The smallest absolute Gasteiger partial charge is 0.274 e. The number of H-pyrrole nitrogens is 1. The molecule has 7 nitrogen and oxygen atoms in total. The number of anilines is 1. The molecule has 0 aromatic carbocycles. The average molecular weight is 326 g/mol. The molecule has 24 heavy (non-hydrogen) atoms. The lowest BCUT2D eigenvalue weighted by Gasteiger charge is -2.32. The standard InChI is InChI=1S/C17H22N6O/c24-17(15-5-6-16(21-20-15)22-9-1-2-10-22)23-11-3-4-13(12-23)14-7-8-18-19-14/h5-8,13H,1-4,9-12H2,(H,18,19)/t13-/m0/s1. The highest BCUT2D eigenvalue weighted by Crippen LogP contribution is 2.26. The molecule has 4 rings (SSSR count). The Morgan fingerprint density at radius 1 is 1.08 bits per heavy atom. The first-order valence-corrected chi connectivity index (χ1v) is 8.68. The molecular formula is C17H22N6O. The number of hydrogen-bond donors (Lipinski definition) is 1. The molecule has 0 spiro atoms. The van der Waals surface area contributed by atoms with Crippen LogP contribution in [0.1, 0.15) is 47.8 Å². The zero-order valence-electron chi connectivity index (χ0n) is 13.7. The van der Waals surface area contributed by atoms with Crippen LogP contribution < -0.4 is 4.90 Å². The van der Waals surface area contributed by atoms with Gasteiger partial charge in [0.2, 0.25) is 0 Å². The van der Waals surface area contributed by atoms with Crippen LogP contribution in [0.25, 0.3) is 0 Å². The van der Waals surface area contributed by atoms with E-state index in [1.165, 1.54) is 12.8 Å². The first kappa shape index (κ1) is 15.1. The SMILES string of the molecule is O=C(c1ccc(N2CCCC2)nn1)N1CCC[C@H](c2ccn[nH]2)C1. The van der Waals surface area contributed by atoms with Crippen molar-refractivity contribution in [2.24, 2.45) is 0 Å². The number of carbonyl (C=O) groups excluding carboxylic acids is 1. The van der Waals surface area contributed by atoms with Crippen LogP contribution in [0.5, 0.6) is 0 Å². The third-order valence-electron chi connectivity index (χ3n) is 4.97. The fourth-order valence-corrected chi connectivity index (χ4v) is 3.63. The molecule has 0 radical (unpaired) electrons. The number of piperidine rings is 1. The van der Waals surface area contributed by atoms with Gasteiger partial charge in [0.05, 0.1) is 0 Å². The predicted molar refractivity (Wildman–Crippen MR) is 89.9 cm³/mol. The quantitative estimate of drug-likeness (QED) is 0.931. The highest BCUT2D eigenvalue weighted by Gasteiger charge is 2.27. The lowest BCUT2D eigenvalue weighted by Crippen LogP contribution is -2.39. The van der Waals surface area contributed by atoms with Crippen LogP contribution in [-0.2, 0) is 0 Å². The van der Waals surface area contributed by atoms with E-state index >= 15 is 0 Å². The molecule has 2 aromatic heterocycles. The van der Waals surface area contributed by atoms with Gasteiger partial charge in [-0.25, -0.2) is 0 Å². The zero-order valence-corrected chi connectivity index (χ0v) is 13.7. The normalized spacial score (nSPS) is 21.2. The molecule has 0 unspecified atom stereocenters. The van der Waals surface area contributed by atoms with Crippen LogP contribution >= 0.6 is 0 Å². The maximum atomic E-state index is 12.7. The lowest BCUT2D eigenvalue weighted by molar-refractivity contribution is 0.0698. The number of nitrogens with zero attached hydrogens (tertiary/aromatic N) is 5. The number of likely N-dealkylation sites (tertiary alicyclic amines) is 1. The topological polar surface area (TPSA) is 78.0 Å². The van der Waals surface area contributed by atoms with Crippen molar-refractivity contribution in [3.63, 3.8) is 0 Å². The summed E-state index contributed by atoms with van der Waals surface area (Å²) >= 11 is 0. The van der Waals surface area contributed by atoms with Gasteiger partial charge in [0.25, 0.3) is 5.91 Å². The van der Waals surface area contributed by atoms with Crippen molar-refractivity contribution in [3.05, 3.63) is 35.8 Å². The van der Waals surface area contributed by atoms with Gasteiger partial charge in [-0.15, -0.1) is 10.2 Å². The predicted octanol–water partition coefficient (Wildman–Crippen LogP) is 1.82. The number of amides is 1. The van der Waals surface area contributed by atoms with Gasteiger partial charge in [-0.3, -0.25) is 9.89 Å². The highest BCUT2D eigenvalue weighted by molar-refractivity contribution is 5.92. The van der Waals surface area contributed by atoms with Crippen molar-refractivity contribution >= 4 is 11.7 Å². The summed E-state index contributed by atoms with van der Waals surface area (Å²) in [5, 5.41) is 15.5. The van der Waals surface area contributed by atoms with Crippen molar-refractivity contribution in [1.82, 2.24) is 25.3 Å². The van der Waals surface area contributed by atoms with Crippen LogP contribution in [0.4, 0.5) is 5.82 Å². The Bertz CT molecular complexity index is 678. The molecule has 2 fully saturated rings. The molecule has 126 valence electrons. The Kier molecular flexibility index (Phi) is 4.15. The van der Waals surface area contributed by atoms with Crippen molar-refractivity contribution < 1.29 is 4.79 Å². The third kappa shape index (κ3) is 2.98. The molecular weight excluding hydrogens is 304 g/mol. The minimum Gasteiger partial charge on any atom is -0.355 e. The molecule has 2 aliphatic rings. The monoisotopic (exact) mass is 326 g/mol. The Balaban J connectivity index is 1.44. The van der Waals surface area contributed by atoms with Gasteiger partial charge >= 0.3 is 0 Å². The molecule has 1 amide bonds. The highest BCUT2D eigenvalue weighted by atomic mass is 16.2. The first-order chi connectivity index (χ1) is 11.8. The summed E-state index contributed by atoms with van der Waals surface area (Å²) in [6.07, 6.45) is 6.23. The average Bonchev–Trinajstić information content (AvgIpc) is 3.35. The van der Waals surface area contributed by atoms with E-state index in [-0.39, 0.29) is 5.91 Å². The minimum atomic E-state index is -0.0281. The van der Waals surface area contributed by atoms with Crippen LogP contribution in [0, 0.1) is 0 Å². The van der Waals surface area contributed by atoms with Gasteiger partial charge in [0.1, 0.15) is 0 Å². The third-order valence-corrected chi connectivity index (χ3v) is 4.97. The van der Waals surface area contributed by atoms with Crippen LogP contribution in [0.3, 0.4) is 0 Å². The van der Waals surface area contributed by atoms with Crippen molar-refractivity contribution in [3.8, 4) is 0 Å². The number of rotatable bonds is 3. The molecule has 2 saturated heterocycles. The van der Waals surface area contributed by atoms with Crippen molar-refractivity contribution in [2.75, 3.05) is 31.1 Å². The number of hydrogen-bond acceptors (Lipinski definition) is 5. The Morgan fingerprint density at radius 3 is 2.67 bits per heavy atom. The fraction of sp³-hybridized carbons (Fsp3) is 0.529.